The molecule has 0 aromatic carbocycles. The lowest BCUT2D eigenvalue weighted by molar-refractivity contribution is -0.156. The van der Waals surface area contributed by atoms with Crippen molar-refractivity contribution in [2.75, 3.05) is 12.3 Å². The van der Waals surface area contributed by atoms with Gasteiger partial charge in [0.05, 0.1) is 6.33 Å². The molecule has 0 unspecified atom stereocenters. The molecule has 0 radical (unpaired) electrons. The maximum Gasteiger partial charge on any atom is 0.419 e. The number of fused-ring (bicyclic) bond motifs is 1. The number of rotatable bonds is 16. The topological polar surface area (TPSA) is 149 Å². The van der Waals surface area contributed by atoms with Crippen molar-refractivity contribution in [3.8, 4) is 12.3 Å². The molecule has 43 heavy (non-hydrogen) atoms. The number of carbonyl (C=O) groups is 2. The van der Waals surface area contributed by atoms with E-state index in [9.17, 15) is 14.0 Å². The average Bonchev–Trinajstić information content (AvgIpc) is 3.74. The molecule has 3 aromatic heterocycles. The Kier molecular flexibility index (Phi) is 11.4. The first-order valence-corrected chi connectivity index (χ1v) is 15.0. The third kappa shape index (κ3) is 8.28. The largest absolute Gasteiger partial charge is 0.461 e. The highest BCUT2D eigenvalue weighted by molar-refractivity contribution is 5.81. The van der Waals surface area contributed by atoms with Crippen molar-refractivity contribution < 1.29 is 28.2 Å². The molecule has 1 fully saturated rings. The van der Waals surface area contributed by atoms with E-state index >= 15 is 0 Å². The lowest BCUT2D eigenvalue weighted by Gasteiger charge is -2.28. The summed E-state index contributed by atoms with van der Waals surface area (Å²) in [6, 6.07) is 0. The van der Waals surface area contributed by atoms with Crippen molar-refractivity contribution in [3.63, 3.8) is 0 Å². The van der Waals surface area contributed by atoms with Gasteiger partial charge < -0.3 is 19.9 Å². The molecule has 0 amide bonds. The number of unbranched alkanes of at least 4 members (excludes halogenated alkanes) is 10. The molecule has 0 spiro atoms. The number of esters is 1. The first kappa shape index (κ1) is 31.9. The third-order valence-corrected chi connectivity index (χ3v) is 7.65. The molecule has 0 bridgehead atoms. The predicted octanol–water partition coefficient (Wildman–Crippen LogP) is 5.33. The number of halogens is 1. The lowest BCUT2D eigenvalue weighted by atomic mass is 9.98. The highest BCUT2D eigenvalue weighted by atomic mass is 19.1. The summed E-state index contributed by atoms with van der Waals surface area (Å²) < 4.78 is 34.0. The van der Waals surface area contributed by atoms with Crippen LogP contribution in [-0.2, 0) is 19.0 Å². The van der Waals surface area contributed by atoms with E-state index in [-0.39, 0.29) is 36.4 Å². The minimum atomic E-state index is -1.62. The Morgan fingerprint density at radius 3 is 2.47 bits per heavy atom. The fourth-order valence-corrected chi connectivity index (χ4v) is 5.21. The zero-order valence-corrected chi connectivity index (χ0v) is 24.6. The van der Waals surface area contributed by atoms with Gasteiger partial charge in [-0.05, 0) is 6.42 Å². The smallest absolute Gasteiger partial charge is 0.419 e. The van der Waals surface area contributed by atoms with Gasteiger partial charge in [0, 0.05) is 25.2 Å². The van der Waals surface area contributed by atoms with Crippen LogP contribution in [0.25, 0.3) is 11.2 Å². The summed E-state index contributed by atoms with van der Waals surface area (Å²) in [5.74, 6) is 1.98. The number of hydrogen-bond donors (Lipinski definition) is 1. The highest BCUT2D eigenvalue weighted by Crippen LogP contribution is 2.40. The van der Waals surface area contributed by atoms with Gasteiger partial charge in [0.1, 0.15) is 19.2 Å². The van der Waals surface area contributed by atoms with E-state index in [2.05, 4.69) is 32.8 Å². The first-order valence-electron chi connectivity index (χ1n) is 15.0. The van der Waals surface area contributed by atoms with Crippen LogP contribution in [0.5, 0.6) is 0 Å². The van der Waals surface area contributed by atoms with Crippen LogP contribution in [0.2, 0.25) is 0 Å². The Hall–Kier alpha value is -4.05. The van der Waals surface area contributed by atoms with Crippen LogP contribution in [0.1, 0.15) is 96.6 Å². The molecule has 0 saturated carbocycles. The van der Waals surface area contributed by atoms with Crippen molar-refractivity contribution in [1.82, 2.24) is 29.1 Å². The minimum Gasteiger partial charge on any atom is -0.461 e. The number of anilines is 1. The van der Waals surface area contributed by atoms with Crippen LogP contribution >= 0.6 is 0 Å². The molecule has 4 heterocycles. The van der Waals surface area contributed by atoms with Gasteiger partial charge >= 0.3 is 18.1 Å². The average molecular weight is 598 g/mol. The summed E-state index contributed by atoms with van der Waals surface area (Å²) in [5, 5.41) is 0. The Balaban J connectivity index is 1.34. The van der Waals surface area contributed by atoms with Gasteiger partial charge in [0.25, 0.3) is 0 Å². The van der Waals surface area contributed by atoms with Crippen molar-refractivity contribution in [1.29, 1.82) is 0 Å². The molecule has 0 aliphatic carbocycles. The summed E-state index contributed by atoms with van der Waals surface area (Å²) in [5.41, 5.74) is 4.43. The van der Waals surface area contributed by atoms with Crippen molar-refractivity contribution in [2.24, 2.45) is 0 Å². The summed E-state index contributed by atoms with van der Waals surface area (Å²) in [6.45, 7) is 1.87. The van der Waals surface area contributed by atoms with Crippen molar-refractivity contribution in [3.05, 3.63) is 31.1 Å². The minimum absolute atomic E-state index is 0.0395. The molecule has 12 nitrogen and oxygen atoms in total. The maximum atomic E-state index is 14.0. The number of hydrogen-bond acceptors (Lipinski definition) is 10. The molecule has 1 aliphatic heterocycles. The molecule has 1 aliphatic rings. The van der Waals surface area contributed by atoms with Crippen molar-refractivity contribution in [2.45, 2.75) is 108 Å². The normalized spacial score (nSPS) is 19.8. The summed E-state index contributed by atoms with van der Waals surface area (Å²) in [6.07, 6.45) is 20.8. The number of carbonyl (C=O) groups excluding carboxylic acids is 2. The Morgan fingerprint density at radius 2 is 1.81 bits per heavy atom. The van der Waals surface area contributed by atoms with Crippen LogP contribution < -0.4 is 5.73 Å². The lowest BCUT2D eigenvalue weighted by Crippen LogP contribution is -2.46. The van der Waals surface area contributed by atoms with Gasteiger partial charge in [-0.1, -0.05) is 77.1 Å². The molecule has 232 valence electrons. The quantitative estimate of drug-likeness (QED) is 0.0993. The van der Waals surface area contributed by atoms with Gasteiger partial charge in [-0.15, -0.1) is 6.42 Å². The van der Waals surface area contributed by atoms with Crippen LogP contribution in [0, 0.1) is 18.4 Å². The van der Waals surface area contributed by atoms with Crippen LogP contribution in [-0.4, -0.2) is 59.4 Å². The first-order chi connectivity index (χ1) is 20.9. The molecule has 2 N–H and O–H groups in total. The number of nitrogens with two attached hydrogens (primary N) is 1. The second-order valence-corrected chi connectivity index (χ2v) is 10.8. The fraction of sp³-hybridized carbons (Fsp3) is 0.600. The zero-order valence-electron chi connectivity index (χ0n) is 24.6. The monoisotopic (exact) mass is 597 g/mol. The third-order valence-electron chi connectivity index (χ3n) is 7.65. The van der Waals surface area contributed by atoms with E-state index in [4.69, 9.17) is 26.4 Å². The van der Waals surface area contributed by atoms with E-state index in [1.165, 1.54) is 74.6 Å². The molecule has 13 heteroatoms. The molecular formula is C30H40FN7O5. The number of nitrogens with zero attached hydrogens (tertiary/aromatic N) is 6. The predicted molar refractivity (Wildman–Crippen MR) is 156 cm³/mol. The van der Waals surface area contributed by atoms with E-state index in [1.807, 2.05) is 0 Å². The number of imidazole rings is 2. The molecule has 3 atom stereocenters. The molecule has 1 saturated heterocycles. The molecule has 4 rings (SSSR count). The van der Waals surface area contributed by atoms with E-state index in [0.717, 1.165) is 23.8 Å². The van der Waals surface area contributed by atoms with Gasteiger partial charge in [-0.2, -0.15) is 14.4 Å². The van der Waals surface area contributed by atoms with Crippen LogP contribution in [0.3, 0.4) is 0 Å². The number of nitrogen functional groups attached to an aromatic ring is 1. The Labute approximate surface area is 250 Å². The van der Waals surface area contributed by atoms with E-state index < -0.39 is 36.1 Å². The number of ether oxygens (including phenoxy) is 3. The van der Waals surface area contributed by atoms with Crippen LogP contribution in [0.15, 0.2) is 25.0 Å². The van der Waals surface area contributed by atoms with Crippen molar-refractivity contribution >= 4 is 29.0 Å². The zero-order chi connectivity index (χ0) is 30.7. The van der Waals surface area contributed by atoms with Gasteiger partial charge in [0.15, 0.2) is 23.1 Å². The second kappa shape index (κ2) is 15.4. The van der Waals surface area contributed by atoms with Gasteiger partial charge in [-0.3, -0.25) is 9.36 Å². The number of aromatic nitrogens is 6. The SMILES string of the molecule is C#C[C@]1(COC(=O)CCCCCCCCCCCCC)O[C@@H](n2cnc3c(N)nc(F)nc32)C[C@@H]1OC(=O)n1ccnc1. The molecule has 3 aromatic rings. The maximum absolute atomic E-state index is 14.0. The fourth-order valence-electron chi connectivity index (χ4n) is 5.21. The second-order valence-electron chi connectivity index (χ2n) is 10.8. The molecular weight excluding hydrogens is 557 g/mol. The van der Waals surface area contributed by atoms with Gasteiger partial charge in [-0.25, -0.2) is 19.3 Å². The van der Waals surface area contributed by atoms with Crippen LogP contribution in [0.4, 0.5) is 15.0 Å². The highest BCUT2D eigenvalue weighted by Gasteiger charge is 2.52. The van der Waals surface area contributed by atoms with E-state index in [0.29, 0.717) is 6.42 Å². The summed E-state index contributed by atoms with van der Waals surface area (Å²) in [4.78, 5) is 40.7. The summed E-state index contributed by atoms with van der Waals surface area (Å²) in [7, 11) is 0. The van der Waals surface area contributed by atoms with E-state index in [1.54, 1.807) is 0 Å². The Morgan fingerprint density at radius 1 is 1.12 bits per heavy atom. The summed E-state index contributed by atoms with van der Waals surface area (Å²) >= 11 is 0. The standard InChI is InChI=1S/C30H40FN7O5/c1-3-5-6-7-8-9-10-11-12-13-14-15-24(39)41-19-30(4-2)22(42-29(40)37-17-16-33-20-37)18-23(43-30)38-21-34-25-26(32)35-28(31)36-27(25)38/h2,16-17,20-23H,3,5-15,18-19H2,1H3,(H2,32,35,36)/t22-,23+,30+/m0/s1. The Bertz CT molecular complexity index is 1390. The van der Waals surface area contributed by atoms with Gasteiger partial charge in [0.2, 0.25) is 5.60 Å². The number of terminal acetylenes is 1.